The van der Waals surface area contributed by atoms with Gasteiger partial charge in [0.2, 0.25) is 5.91 Å². The van der Waals surface area contributed by atoms with E-state index < -0.39 is 0 Å². The zero-order chi connectivity index (χ0) is 13.8. The summed E-state index contributed by atoms with van der Waals surface area (Å²) in [6, 6.07) is 0. The molecule has 1 aliphatic heterocycles. The Bertz CT molecular complexity index is 443. The molecule has 4 nitrogen and oxygen atoms in total. The van der Waals surface area contributed by atoms with Gasteiger partial charge in [0, 0.05) is 12.8 Å². The highest BCUT2D eigenvalue weighted by Gasteiger charge is 2.18. The zero-order valence-corrected chi connectivity index (χ0v) is 12.6. The van der Waals surface area contributed by atoms with Gasteiger partial charge in [0.25, 0.3) is 0 Å². The molecule has 1 saturated carbocycles. The minimum atomic E-state index is 0.114. The zero-order valence-electron chi connectivity index (χ0n) is 11.8. The number of aromatic nitrogens is 1. The minimum Gasteiger partial charge on any atom is -0.375 e. The number of rotatable bonds is 4. The molecule has 1 N–H and O–H groups in total. The Labute approximate surface area is 123 Å². The summed E-state index contributed by atoms with van der Waals surface area (Å²) >= 11 is 1.56. The molecule has 2 aliphatic rings. The Morgan fingerprint density at radius 2 is 2.20 bits per heavy atom. The predicted octanol–water partition coefficient (Wildman–Crippen LogP) is 3.51. The number of fused-ring (bicyclic) bond motifs is 1. The molecule has 5 heteroatoms. The second kappa shape index (κ2) is 6.68. The van der Waals surface area contributed by atoms with E-state index in [1.165, 1.54) is 37.0 Å². The van der Waals surface area contributed by atoms with E-state index in [4.69, 9.17) is 4.74 Å². The van der Waals surface area contributed by atoms with Gasteiger partial charge in [-0.25, -0.2) is 4.98 Å². The van der Waals surface area contributed by atoms with Crippen LogP contribution in [0.5, 0.6) is 0 Å². The van der Waals surface area contributed by atoms with Gasteiger partial charge in [0.1, 0.15) is 0 Å². The maximum atomic E-state index is 12.0. The molecule has 3 rings (SSSR count). The summed E-state index contributed by atoms with van der Waals surface area (Å²) < 4.78 is 5.40. The molecule has 1 aromatic heterocycles. The second-order valence-electron chi connectivity index (χ2n) is 5.78. The lowest BCUT2D eigenvalue weighted by molar-refractivity contribution is -0.116. The first-order chi connectivity index (χ1) is 9.81. The number of thiazole rings is 1. The first-order valence-electron chi connectivity index (χ1n) is 7.67. The smallest absolute Gasteiger partial charge is 0.226 e. The molecule has 1 aliphatic carbocycles. The Kier molecular flexibility index (Phi) is 4.68. The van der Waals surface area contributed by atoms with Crippen LogP contribution < -0.4 is 5.32 Å². The van der Waals surface area contributed by atoms with Crippen LogP contribution in [-0.2, 0) is 22.6 Å². The lowest BCUT2D eigenvalue weighted by Gasteiger charge is -2.20. The van der Waals surface area contributed by atoms with Crippen molar-refractivity contribution in [2.24, 2.45) is 5.92 Å². The summed E-state index contributed by atoms with van der Waals surface area (Å²) in [6.45, 7) is 1.39. The number of nitrogens with zero attached hydrogens (tertiary/aromatic N) is 1. The number of ether oxygens (including phenoxy) is 1. The molecule has 0 bridgehead atoms. The fourth-order valence-electron chi connectivity index (χ4n) is 3.07. The van der Waals surface area contributed by atoms with Crippen LogP contribution in [0, 0.1) is 5.92 Å². The normalized spacial score (nSPS) is 19.6. The quantitative estimate of drug-likeness (QED) is 0.924. The average molecular weight is 294 g/mol. The van der Waals surface area contributed by atoms with Crippen LogP contribution in [0.2, 0.25) is 0 Å². The van der Waals surface area contributed by atoms with Gasteiger partial charge >= 0.3 is 0 Å². The van der Waals surface area contributed by atoms with Crippen LogP contribution in [0.3, 0.4) is 0 Å². The third-order valence-electron chi connectivity index (χ3n) is 4.25. The van der Waals surface area contributed by atoms with Gasteiger partial charge in [-0.1, -0.05) is 43.4 Å². The van der Waals surface area contributed by atoms with Gasteiger partial charge in [-0.2, -0.15) is 0 Å². The van der Waals surface area contributed by atoms with Gasteiger partial charge in [-0.15, -0.1) is 0 Å². The Morgan fingerprint density at radius 3 is 3.00 bits per heavy atom. The van der Waals surface area contributed by atoms with Gasteiger partial charge in [0.05, 0.1) is 23.8 Å². The number of amides is 1. The predicted molar refractivity (Wildman–Crippen MR) is 79.9 cm³/mol. The number of carbonyl (C=O) groups is 1. The van der Waals surface area contributed by atoms with E-state index in [0.717, 1.165) is 36.2 Å². The standard InChI is InChI=1S/C15H22N2O2S/c18-14(7-6-11-4-2-1-3-5-11)17-15-16-12-8-9-19-10-13(12)20-15/h11H,1-10H2,(H,16,17,18). The van der Waals surface area contributed by atoms with Crippen molar-refractivity contribution in [2.75, 3.05) is 11.9 Å². The molecular formula is C15H22N2O2S. The largest absolute Gasteiger partial charge is 0.375 e. The van der Waals surface area contributed by atoms with Crippen molar-refractivity contribution < 1.29 is 9.53 Å². The summed E-state index contributed by atoms with van der Waals surface area (Å²) in [6.07, 6.45) is 9.17. The molecule has 0 saturated heterocycles. The van der Waals surface area contributed by atoms with E-state index in [-0.39, 0.29) is 5.91 Å². The fraction of sp³-hybridized carbons (Fsp3) is 0.733. The van der Waals surface area contributed by atoms with Crippen molar-refractivity contribution in [1.82, 2.24) is 4.98 Å². The third-order valence-corrected chi connectivity index (χ3v) is 5.23. The highest BCUT2D eigenvalue weighted by Crippen LogP contribution is 2.29. The van der Waals surface area contributed by atoms with E-state index in [0.29, 0.717) is 13.0 Å². The van der Waals surface area contributed by atoms with Crippen molar-refractivity contribution in [3.8, 4) is 0 Å². The van der Waals surface area contributed by atoms with Crippen molar-refractivity contribution in [1.29, 1.82) is 0 Å². The maximum Gasteiger partial charge on any atom is 0.226 e. The van der Waals surface area contributed by atoms with Crippen LogP contribution in [-0.4, -0.2) is 17.5 Å². The van der Waals surface area contributed by atoms with E-state index in [9.17, 15) is 4.79 Å². The van der Waals surface area contributed by atoms with Crippen molar-refractivity contribution in [3.05, 3.63) is 10.6 Å². The fourth-order valence-corrected chi connectivity index (χ4v) is 4.03. The summed E-state index contributed by atoms with van der Waals surface area (Å²) in [5.74, 6) is 0.870. The van der Waals surface area contributed by atoms with Crippen LogP contribution in [0.1, 0.15) is 55.5 Å². The van der Waals surface area contributed by atoms with E-state index >= 15 is 0 Å². The lowest BCUT2D eigenvalue weighted by atomic mass is 9.86. The number of carbonyl (C=O) groups excluding carboxylic acids is 1. The molecule has 1 aromatic rings. The monoisotopic (exact) mass is 294 g/mol. The van der Waals surface area contributed by atoms with Gasteiger partial charge in [-0.3, -0.25) is 4.79 Å². The summed E-state index contributed by atoms with van der Waals surface area (Å²) in [7, 11) is 0. The molecule has 0 radical (unpaired) electrons. The number of nitrogens with one attached hydrogen (secondary N) is 1. The van der Waals surface area contributed by atoms with Crippen LogP contribution in [0.4, 0.5) is 5.13 Å². The van der Waals surface area contributed by atoms with Crippen molar-refractivity contribution in [2.45, 2.75) is 58.0 Å². The third kappa shape index (κ3) is 3.58. The molecule has 0 atom stereocenters. The van der Waals surface area contributed by atoms with Crippen LogP contribution in [0.25, 0.3) is 0 Å². The van der Waals surface area contributed by atoms with Crippen LogP contribution >= 0.6 is 11.3 Å². The van der Waals surface area contributed by atoms with Gasteiger partial charge < -0.3 is 10.1 Å². The van der Waals surface area contributed by atoms with Gasteiger partial charge in [0.15, 0.2) is 5.13 Å². The highest BCUT2D eigenvalue weighted by molar-refractivity contribution is 7.15. The Morgan fingerprint density at radius 1 is 1.35 bits per heavy atom. The first kappa shape index (κ1) is 14.0. The molecule has 0 spiro atoms. The number of hydrogen-bond acceptors (Lipinski definition) is 4. The molecule has 0 aromatic carbocycles. The van der Waals surface area contributed by atoms with Gasteiger partial charge in [-0.05, 0) is 12.3 Å². The molecule has 110 valence electrons. The summed E-state index contributed by atoms with van der Waals surface area (Å²) in [5.41, 5.74) is 1.10. The van der Waals surface area contributed by atoms with Crippen LogP contribution in [0.15, 0.2) is 0 Å². The Balaban J connectivity index is 1.47. The molecular weight excluding hydrogens is 272 g/mol. The summed E-state index contributed by atoms with van der Waals surface area (Å²) in [4.78, 5) is 17.6. The van der Waals surface area contributed by atoms with Crippen molar-refractivity contribution >= 4 is 22.4 Å². The lowest BCUT2D eigenvalue weighted by Crippen LogP contribution is -2.14. The topological polar surface area (TPSA) is 51.2 Å². The van der Waals surface area contributed by atoms with E-state index in [1.807, 2.05) is 0 Å². The Hall–Kier alpha value is -0.940. The SMILES string of the molecule is O=C(CCC1CCCCC1)Nc1nc2c(s1)COCC2. The molecule has 20 heavy (non-hydrogen) atoms. The highest BCUT2D eigenvalue weighted by atomic mass is 32.1. The molecule has 1 amide bonds. The summed E-state index contributed by atoms with van der Waals surface area (Å²) in [5, 5.41) is 3.70. The average Bonchev–Trinajstić information content (AvgIpc) is 2.88. The second-order valence-corrected chi connectivity index (χ2v) is 6.87. The number of hydrogen-bond donors (Lipinski definition) is 1. The minimum absolute atomic E-state index is 0.114. The molecule has 0 unspecified atom stereocenters. The number of anilines is 1. The van der Waals surface area contributed by atoms with E-state index in [2.05, 4.69) is 10.3 Å². The maximum absolute atomic E-state index is 12.0. The van der Waals surface area contributed by atoms with Crippen molar-refractivity contribution in [3.63, 3.8) is 0 Å². The molecule has 2 heterocycles. The van der Waals surface area contributed by atoms with E-state index in [1.54, 1.807) is 11.3 Å². The molecule has 1 fully saturated rings. The first-order valence-corrected chi connectivity index (χ1v) is 8.49.